The van der Waals surface area contributed by atoms with Crippen molar-refractivity contribution in [1.29, 1.82) is 0 Å². The van der Waals surface area contributed by atoms with Crippen LogP contribution in [0, 0.1) is 0 Å². The van der Waals surface area contributed by atoms with E-state index in [0.717, 1.165) is 32.1 Å². The Hall–Kier alpha value is -0.320. The number of hydroxylamine groups is 3. The number of quaternary nitrogens is 1. The molecule has 0 aliphatic rings. The van der Waals surface area contributed by atoms with Crippen LogP contribution < -0.4 is 17.7 Å². The SMILES string of the molecule is CCCCCCCCCCCCCCCCCCCCCC(=O)NC(CC)(CCC)[N+](C)(C)O.[Cl-]. The molecule has 0 aromatic carbocycles. The maximum absolute atomic E-state index is 12.5. The minimum absolute atomic E-state index is 0. The maximum atomic E-state index is 12.5. The molecule has 0 radical (unpaired) electrons. The van der Waals surface area contributed by atoms with Crippen molar-refractivity contribution in [2.75, 3.05) is 14.1 Å². The molecule has 0 aromatic rings. The molecule has 2 N–H and O–H groups in total. The number of rotatable bonds is 25. The summed E-state index contributed by atoms with van der Waals surface area (Å²) < 4.78 is -0.206. The summed E-state index contributed by atoms with van der Waals surface area (Å²) in [5.41, 5.74) is -0.570. The van der Waals surface area contributed by atoms with Gasteiger partial charge in [-0.05, 0) is 12.8 Å². The lowest BCUT2D eigenvalue weighted by Crippen LogP contribution is -3.00. The second-order valence-corrected chi connectivity index (χ2v) is 11.2. The van der Waals surface area contributed by atoms with Crippen LogP contribution in [0.3, 0.4) is 0 Å². The van der Waals surface area contributed by atoms with Crippen molar-refractivity contribution in [2.24, 2.45) is 0 Å². The minimum atomic E-state index is -0.570. The van der Waals surface area contributed by atoms with Crippen molar-refractivity contribution in [3.63, 3.8) is 0 Å². The monoisotopic (exact) mass is 518 g/mol. The predicted molar refractivity (Wildman–Crippen MR) is 148 cm³/mol. The number of nitrogens with zero attached hydrogens (tertiary/aromatic N) is 1. The molecule has 1 atom stereocenters. The van der Waals surface area contributed by atoms with Gasteiger partial charge in [-0.15, -0.1) is 0 Å². The van der Waals surface area contributed by atoms with Crippen molar-refractivity contribution in [3.05, 3.63) is 0 Å². The third-order valence-corrected chi connectivity index (χ3v) is 7.68. The van der Waals surface area contributed by atoms with Crippen molar-refractivity contribution >= 4 is 5.91 Å². The molecule has 0 aliphatic heterocycles. The molecule has 35 heavy (non-hydrogen) atoms. The Morgan fingerprint density at radius 3 is 1.26 bits per heavy atom. The zero-order valence-electron chi connectivity index (χ0n) is 24.4. The highest BCUT2D eigenvalue weighted by molar-refractivity contribution is 5.76. The zero-order chi connectivity index (χ0) is 25.5. The van der Waals surface area contributed by atoms with Crippen LogP contribution in [0.25, 0.3) is 0 Å². The van der Waals surface area contributed by atoms with Crippen LogP contribution in [-0.4, -0.2) is 35.5 Å². The summed E-state index contributed by atoms with van der Waals surface area (Å²) in [6.07, 6.45) is 28.9. The van der Waals surface area contributed by atoms with Crippen LogP contribution in [0.2, 0.25) is 0 Å². The number of hydrogen-bond acceptors (Lipinski definition) is 2. The predicted octanol–water partition coefficient (Wildman–Crippen LogP) is 6.30. The van der Waals surface area contributed by atoms with Gasteiger partial charge in [-0.25, -0.2) is 5.21 Å². The van der Waals surface area contributed by atoms with Crippen LogP contribution in [0.5, 0.6) is 0 Å². The van der Waals surface area contributed by atoms with Gasteiger partial charge in [0.1, 0.15) is 14.1 Å². The Morgan fingerprint density at radius 1 is 0.629 bits per heavy atom. The summed E-state index contributed by atoms with van der Waals surface area (Å²) in [5, 5.41) is 13.7. The molecule has 4 nitrogen and oxygen atoms in total. The third-order valence-electron chi connectivity index (χ3n) is 7.68. The lowest BCUT2D eigenvalue weighted by Gasteiger charge is -2.42. The fraction of sp³-hybridized carbons (Fsp3) is 0.967. The van der Waals surface area contributed by atoms with Crippen molar-refractivity contribution in [3.8, 4) is 0 Å². The highest BCUT2D eigenvalue weighted by Crippen LogP contribution is 2.25. The van der Waals surface area contributed by atoms with E-state index in [1.54, 1.807) is 14.1 Å². The second kappa shape index (κ2) is 24.0. The standard InChI is InChI=1S/C30H62N2O2.ClH/c1-6-9-10-11-12-13-14-15-16-17-18-19-20-21-22-23-24-25-26-27-29(33)31-30(8-3,28-7-2)32(4,5)34;/h34H,6-28H2,1-5H3;1H. The molecule has 0 bridgehead atoms. The summed E-state index contributed by atoms with van der Waals surface area (Å²) in [5.74, 6) is 0.0857. The van der Waals surface area contributed by atoms with Gasteiger partial charge >= 0.3 is 0 Å². The first-order chi connectivity index (χ1) is 16.3. The lowest BCUT2D eigenvalue weighted by molar-refractivity contribution is -1.11. The molecule has 0 rings (SSSR count). The van der Waals surface area contributed by atoms with Gasteiger partial charge in [0.25, 0.3) is 0 Å². The van der Waals surface area contributed by atoms with Gasteiger partial charge in [0, 0.05) is 19.3 Å². The van der Waals surface area contributed by atoms with E-state index >= 15 is 0 Å². The Bertz CT molecular complexity index is 468. The van der Waals surface area contributed by atoms with Gasteiger partial charge in [0.15, 0.2) is 0 Å². The van der Waals surface area contributed by atoms with Gasteiger partial charge in [0.05, 0.1) is 0 Å². The van der Waals surface area contributed by atoms with Crippen LogP contribution in [0.15, 0.2) is 0 Å². The van der Waals surface area contributed by atoms with E-state index in [1.807, 2.05) is 6.92 Å². The summed E-state index contributed by atoms with van der Waals surface area (Å²) in [7, 11) is 3.52. The van der Waals surface area contributed by atoms with Gasteiger partial charge in [-0.3, -0.25) is 4.79 Å². The van der Waals surface area contributed by atoms with E-state index < -0.39 is 5.66 Å². The number of carbonyl (C=O) groups is 1. The largest absolute Gasteiger partial charge is 1.00 e. The van der Waals surface area contributed by atoms with Crippen molar-refractivity contribution in [1.82, 2.24) is 5.32 Å². The topological polar surface area (TPSA) is 49.3 Å². The molecule has 0 saturated heterocycles. The first-order valence-corrected chi connectivity index (χ1v) is 15.2. The quantitative estimate of drug-likeness (QED) is 0.0644. The fourth-order valence-corrected chi connectivity index (χ4v) is 5.22. The molecule has 0 aromatic heterocycles. The van der Waals surface area contributed by atoms with Gasteiger partial charge < -0.3 is 17.7 Å². The molecule has 0 fully saturated rings. The lowest BCUT2D eigenvalue weighted by atomic mass is 9.98. The molecule has 0 saturated carbocycles. The first-order valence-electron chi connectivity index (χ1n) is 15.2. The third kappa shape index (κ3) is 19.5. The Kier molecular flexibility index (Phi) is 25.3. The maximum Gasteiger partial charge on any atom is 0.224 e. The average molecular weight is 519 g/mol. The van der Waals surface area contributed by atoms with Crippen LogP contribution in [0.4, 0.5) is 0 Å². The number of hydrogen-bond donors (Lipinski definition) is 2. The zero-order valence-corrected chi connectivity index (χ0v) is 25.2. The van der Waals surface area contributed by atoms with Crippen LogP contribution in [-0.2, 0) is 4.79 Å². The van der Waals surface area contributed by atoms with E-state index in [1.165, 1.54) is 109 Å². The average Bonchev–Trinajstić information content (AvgIpc) is 2.79. The molecule has 0 spiro atoms. The molecule has 0 heterocycles. The fourth-order valence-electron chi connectivity index (χ4n) is 5.22. The molecule has 212 valence electrons. The van der Waals surface area contributed by atoms with Crippen molar-refractivity contribution in [2.45, 2.75) is 174 Å². The number of carbonyl (C=O) groups excluding carboxylic acids is 1. The van der Waals surface area contributed by atoms with Crippen LogP contribution >= 0.6 is 0 Å². The molecule has 0 aliphatic carbocycles. The van der Waals surface area contributed by atoms with Gasteiger partial charge in [0.2, 0.25) is 11.6 Å². The van der Waals surface area contributed by atoms with E-state index in [0.29, 0.717) is 6.42 Å². The Balaban J connectivity index is 0. The van der Waals surface area contributed by atoms with E-state index in [-0.39, 0.29) is 23.0 Å². The summed E-state index contributed by atoms with van der Waals surface area (Å²) in [6, 6.07) is 0. The summed E-state index contributed by atoms with van der Waals surface area (Å²) in [4.78, 5) is 12.5. The number of halogens is 1. The molecule has 1 amide bonds. The second-order valence-electron chi connectivity index (χ2n) is 11.2. The Morgan fingerprint density at radius 2 is 0.971 bits per heavy atom. The van der Waals surface area contributed by atoms with Crippen LogP contribution in [0.1, 0.15) is 168 Å². The number of amides is 1. The van der Waals surface area contributed by atoms with Gasteiger partial charge in [-0.1, -0.05) is 136 Å². The van der Waals surface area contributed by atoms with E-state index in [2.05, 4.69) is 19.2 Å². The first kappa shape index (κ1) is 36.8. The summed E-state index contributed by atoms with van der Waals surface area (Å²) in [6.45, 7) is 6.43. The van der Waals surface area contributed by atoms with Gasteiger partial charge in [-0.2, -0.15) is 4.65 Å². The molecule has 5 heteroatoms. The molecular weight excluding hydrogens is 456 g/mol. The molecular formula is C30H63ClN2O2. The number of unbranched alkanes of at least 4 members (excludes halogenated alkanes) is 18. The van der Waals surface area contributed by atoms with E-state index in [4.69, 9.17) is 0 Å². The highest BCUT2D eigenvalue weighted by Gasteiger charge is 2.44. The Labute approximate surface area is 226 Å². The normalized spacial score (nSPS) is 13.3. The highest BCUT2D eigenvalue weighted by atomic mass is 35.5. The summed E-state index contributed by atoms with van der Waals surface area (Å²) >= 11 is 0. The molecule has 1 unspecified atom stereocenters. The number of nitrogens with one attached hydrogen (secondary N) is 1. The van der Waals surface area contributed by atoms with E-state index in [9.17, 15) is 10.0 Å². The smallest absolute Gasteiger partial charge is 0.224 e. The minimum Gasteiger partial charge on any atom is -1.00 e. The van der Waals surface area contributed by atoms with Crippen molar-refractivity contribution < 1.29 is 27.1 Å².